The molecule has 2 heterocycles. The lowest BCUT2D eigenvalue weighted by Crippen LogP contribution is -2.45. The number of fused-ring (bicyclic) bond motifs is 2. The number of carbonyl (C=O) groups excluding carboxylic acids is 2. The van der Waals surface area contributed by atoms with Gasteiger partial charge in [0.05, 0.1) is 11.4 Å². The Labute approximate surface area is 163 Å². The van der Waals surface area contributed by atoms with Crippen LogP contribution in [0.25, 0.3) is 0 Å². The van der Waals surface area contributed by atoms with Gasteiger partial charge in [0.25, 0.3) is 0 Å². The standard InChI is InChI=1S/C21H23N3O2S/c25-20(14-24-18-7-3-4-8-19(18)27-15-21(24)26)22-10-12-23-11-9-16-5-1-2-6-17(16)13-23/h1-8H,9-15H2,(H,22,25). The van der Waals surface area contributed by atoms with Gasteiger partial charge in [-0.05, 0) is 29.7 Å². The Bertz CT molecular complexity index is 855. The Hall–Kier alpha value is -2.31. The van der Waals surface area contributed by atoms with Gasteiger partial charge in [0.1, 0.15) is 6.54 Å². The third kappa shape index (κ3) is 4.17. The van der Waals surface area contributed by atoms with E-state index >= 15 is 0 Å². The molecule has 0 aliphatic carbocycles. The molecule has 0 spiro atoms. The van der Waals surface area contributed by atoms with Crippen LogP contribution in [0.2, 0.25) is 0 Å². The fourth-order valence-corrected chi connectivity index (χ4v) is 4.56. The van der Waals surface area contributed by atoms with Gasteiger partial charge in [0.2, 0.25) is 11.8 Å². The molecule has 2 aliphatic rings. The van der Waals surface area contributed by atoms with Crippen molar-refractivity contribution in [2.75, 3.05) is 36.8 Å². The molecule has 0 fully saturated rings. The van der Waals surface area contributed by atoms with E-state index in [-0.39, 0.29) is 18.4 Å². The van der Waals surface area contributed by atoms with Crippen molar-refractivity contribution >= 4 is 29.3 Å². The van der Waals surface area contributed by atoms with Crippen molar-refractivity contribution in [2.24, 2.45) is 0 Å². The summed E-state index contributed by atoms with van der Waals surface area (Å²) in [7, 11) is 0. The molecule has 5 nitrogen and oxygen atoms in total. The zero-order valence-electron chi connectivity index (χ0n) is 15.2. The number of hydrogen-bond donors (Lipinski definition) is 1. The highest BCUT2D eigenvalue weighted by molar-refractivity contribution is 8.00. The molecule has 6 heteroatoms. The van der Waals surface area contributed by atoms with E-state index in [1.807, 2.05) is 24.3 Å². The number of para-hydroxylation sites is 1. The molecule has 4 rings (SSSR count). The molecule has 1 N–H and O–H groups in total. The first-order chi connectivity index (χ1) is 13.2. The monoisotopic (exact) mass is 381 g/mol. The Morgan fingerprint density at radius 1 is 1.07 bits per heavy atom. The average molecular weight is 382 g/mol. The van der Waals surface area contributed by atoms with Crippen LogP contribution in [0.15, 0.2) is 53.4 Å². The first kappa shape index (κ1) is 18.1. The molecule has 0 unspecified atom stereocenters. The minimum atomic E-state index is -0.109. The van der Waals surface area contributed by atoms with E-state index in [4.69, 9.17) is 0 Å². The minimum Gasteiger partial charge on any atom is -0.353 e. The summed E-state index contributed by atoms with van der Waals surface area (Å²) >= 11 is 1.53. The molecule has 0 saturated heterocycles. The summed E-state index contributed by atoms with van der Waals surface area (Å²) in [6.45, 7) is 3.45. The Kier molecular flexibility index (Phi) is 5.45. The molecule has 2 amide bonds. The number of amides is 2. The molecule has 0 radical (unpaired) electrons. The van der Waals surface area contributed by atoms with Gasteiger partial charge in [0, 0.05) is 31.1 Å². The van der Waals surface area contributed by atoms with Crippen LogP contribution < -0.4 is 10.2 Å². The van der Waals surface area contributed by atoms with Crippen LogP contribution in [-0.4, -0.2) is 48.6 Å². The van der Waals surface area contributed by atoms with Crippen molar-refractivity contribution in [2.45, 2.75) is 17.9 Å². The summed E-state index contributed by atoms with van der Waals surface area (Å²) in [5.74, 6) is 0.265. The molecule has 0 atom stereocenters. The molecule has 0 saturated carbocycles. The maximum atomic E-state index is 12.4. The highest BCUT2D eigenvalue weighted by atomic mass is 32.2. The van der Waals surface area contributed by atoms with Gasteiger partial charge in [-0.3, -0.25) is 14.5 Å². The molecule has 140 valence electrons. The van der Waals surface area contributed by atoms with Crippen LogP contribution in [0.1, 0.15) is 11.1 Å². The van der Waals surface area contributed by atoms with E-state index < -0.39 is 0 Å². The molecule has 2 aromatic carbocycles. The SMILES string of the molecule is O=C(CN1C(=O)CSc2ccccc21)NCCN1CCc2ccccc2C1. The highest BCUT2D eigenvalue weighted by Crippen LogP contribution is 2.34. The predicted octanol–water partition coefficient (Wildman–Crippen LogP) is 2.30. The number of carbonyl (C=O) groups is 2. The number of hydrogen-bond acceptors (Lipinski definition) is 4. The van der Waals surface area contributed by atoms with Crippen molar-refractivity contribution in [3.8, 4) is 0 Å². The molecular weight excluding hydrogens is 358 g/mol. The topological polar surface area (TPSA) is 52.7 Å². The van der Waals surface area contributed by atoms with Crippen molar-refractivity contribution < 1.29 is 9.59 Å². The minimum absolute atomic E-state index is 0.0125. The van der Waals surface area contributed by atoms with E-state index in [2.05, 4.69) is 34.5 Å². The molecule has 2 aromatic rings. The van der Waals surface area contributed by atoms with Gasteiger partial charge in [-0.1, -0.05) is 36.4 Å². The van der Waals surface area contributed by atoms with Crippen LogP contribution in [0.3, 0.4) is 0 Å². The molecule has 2 aliphatic heterocycles. The van der Waals surface area contributed by atoms with Gasteiger partial charge in [-0.2, -0.15) is 0 Å². The molecule has 27 heavy (non-hydrogen) atoms. The summed E-state index contributed by atoms with van der Waals surface area (Å²) < 4.78 is 0. The number of anilines is 1. The molecule has 0 aromatic heterocycles. The second kappa shape index (κ2) is 8.15. The lowest BCUT2D eigenvalue weighted by atomic mass is 10.00. The van der Waals surface area contributed by atoms with E-state index in [1.165, 1.54) is 22.9 Å². The summed E-state index contributed by atoms with van der Waals surface area (Å²) in [6.07, 6.45) is 1.06. The molecular formula is C21H23N3O2S. The lowest BCUT2D eigenvalue weighted by molar-refractivity contribution is -0.123. The van der Waals surface area contributed by atoms with Gasteiger partial charge >= 0.3 is 0 Å². The van der Waals surface area contributed by atoms with E-state index in [9.17, 15) is 9.59 Å². The quantitative estimate of drug-likeness (QED) is 0.864. The molecule has 0 bridgehead atoms. The predicted molar refractivity (Wildman–Crippen MR) is 108 cm³/mol. The first-order valence-electron chi connectivity index (χ1n) is 9.29. The smallest absolute Gasteiger partial charge is 0.240 e. The van der Waals surface area contributed by atoms with Crippen molar-refractivity contribution in [3.63, 3.8) is 0 Å². The number of nitrogens with zero attached hydrogens (tertiary/aromatic N) is 2. The van der Waals surface area contributed by atoms with Crippen molar-refractivity contribution in [1.29, 1.82) is 0 Å². The first-order valence-corrected chi connectivity index (χ1v) is 10.3. The summed E-state index contributed by atoms with van der Waals surface area (Å²) in [6, 6.07) is 16.3. The van der Waals surface area contributed by atoms with Crippen LogP contribution >= 0.6 is 11.8 Å². The van der Waals surface area contributed by atoms with Crippen molar-refractivity contribution in [1.82, 2.24) is 10.2 Å². The number of thioether (sulfide) groups is 1. The van der Waals surface area contributed by atoms with E-state index in [0.717, 1.165) is 36.6 Å². The summed E-state index contributed by atoms with van der Waals surface area (Å²) in [5, 5.41) is 2.97. The van der Waals surface area contributed by atoms with Crippen LogP contribution in [0.5, 0.6) is 0 Å². The Balaban J connectivity index is 1.28. The fraction of sp³-hybridized carbons (Fsp3) is 0.333. The van der Waals surface area contributed by atoms with Crippen LogP contribution in [-0.2, 0) is 22.6 Å². The van der Waals surface area contributed by atoms with Crippen LogP contribution in [0.4, 0.5) is 5.69 Å². The zero-order chi connectivity index (χ0) is 18.6. The van der Waals surface area contributed by atoms with Crippen LogP contribution in [0, 0.1) is 0 Å². The third-order valence-electron chi connectivity index (χ3n) is 5.07. The van der Waals surface area contributed by atoms with Gasteiger partial charge < -0.3 is 10.2 Å². The lowest BCUT2D eigenvalue weighted by Gasteiger charge is -2.29. The Morgan fingerprint density at radius 2 is 1.85 bits per heavy atom. The average Bonchev–Trinajstić information content (AvgIpc) is 2.70. The summed E-state index contributed by atoms with van der Waals surface area (Å²) in [4.78, 5) is 29.6. The van der Waals surface area contributed by atoms with Gasteiger partial charge in [0.15, 0.2) is 0 Å². The Morgan fingerprint density at radius 3 is 2.74 bits per heavy atom. The van der Waals surface area contributed by atoms with Gasteiger partial charge in [-0.15, -0.1) is 11.8 Å². The maximum Gasteiger partial charge on any atom is 0.240 e. The van der Waals surface area contributed by atoms with Crippen molar-refractivity contribution in [3.05, 3.63) is 59.7 Å². The second-order valence-electron chi connectivity index (χ2n) is 6.88. The van der Waals surface area contributed by atoms with Gasteiger partial charge in [-0.25, -0.2) is 0 Å². The fourth-order valence-electron chi connectivity index (χ4n) is 3.63. The number of benzene rings is 2. The second-order valence-corrected chi connectivity index (χ2v) is 7.90. The number of nitrogens with one attached hydrogen (secondary N) is 1. The highest BCUT2D eigenvalue weighted by Gasteiger charge is 2.26. The normalized spacial score (nSPS) is 16.6. The van der Waals surface area contributed by atoms with E-state index in [0.29, 0.717) is 12.3 Å². The number of rotatable bonds is 5. The third-order valence-corrected chi connectivity index (χ3v) is 6.12. The summed E-state index contributed by atoms with van der Waals surface area (Å²) in [5.41, 5.74) is 3.64. The maximum absolute atomic E-state index is 12.4. The zero-order valence-corrected chi connectivity index (χ0v) is 16.0. The largest absolute Gasteiger partial charge is 0.353 e. The van der Waals surface area contributed by atoms with E-state index in [1.54, 1.807) is 4.90 Å².